The molecule has 0 unspecified atom stereocenters. The molecule has 7 nitrogen and oxygen atoms in total. The van der Waals surface area contributed by atoms with E-state index in [9.17, 15) is 13.2 Å². The molecule has 5 rings (SSSR count). The Morgan fingerprint density at radius 2 is 1.89 bits per heavy atom. The van der Waals surface area contributed by atoms with E-state index >= 15 is 0 Å². The molecule has 0 aliphatic carbocycles. The first-order valence-corrected chi connectivity index (χ1v) is 13.8. The first-order chi connectivity index (χ1) is 17.3. The maximum Gasteiger partial charge on any atom is 0.330 e. The van der Waals surface area contributed by atoms with Crippen LogP contribution in [0.4, 0.5) is 0 Å². The molecule has 190 valence electrons. The molecule has 3 heterocycles. The fourth-order valence-corrected chi connectivity index (χ4v) is 7.40. The zero-order chi connectivity index (χ0) is 25.6. The highest BCUT2D eigenvalue weighted by Crippen LogP contribution is 2.47. The Balaban J connectivity index is 1.77. The molecule has 2 aliphatic rings. The Hall–Kier alpha value is -3.10. The lowest BCUT2D eigenvalue weighted by Gasteiger charge is -2.44. The molecule has 0 radical (unpaired) electrons. The maximum absolute atomic E-state index is 14.2. The Labute approximate surface area is 212 Å². The number of hydrogen-bond donors (Lipinski definition) is 0. The van der Waals surface area contributed by atoms with E-state index in [1.54, 1.807) is 25.3 Å². The minimum absolute atomic E-state index is 0.176. The number of piperidine rings is 1. The van der Waals surface area contributed by atoms with Crippen LogP contribution in [0.1, 0.15) is 42.6 Å². The highest BCUT2D eigenvalue weighted by atomic mass is 32.2. The fraction of sp³-hybridized carbons (Fsp3) is 0.393. The van der Waals surface area contributed by atoms with Crippen LogP contribution in [-0.4, -0.2) is 50.6 Å². The molecule has 0 saturated carbocycles. The van der Waals surface area contributed by atoms with Gasteiger partial charge >= 0.3 is 5.97 Å². The summed E-state index contributed by atoms with van der Waals surface area (Å²) < 4.78 is 40.6. The Morgan fingerprint density at radius 1 is 1.14 bits per heavy atom. The fourth-order valence-electron chi connectivity index (χ4n) is 5.80. The number of esters is 1. The molecule has 1 fully saturated rings. The number of ether oxygens (including phenoxy) is 2. The van der Waals surface area contributed by atoms with Crippen molar-refractivity contribution in [3.8, 4) is 5.75 Å². The smallest absolute Gasteiger partial charge is 0.330 e. The Morgan fingerprint density at radius 3 is 2.56 bits per heavy atom. The molecular formula is C28H32N2O5S. The lowest BCUT2D eigenvalue weighted by atomic mass is 9.81. The molecule has 3 aromatic rings. The number of rotatable bonds is 5. The van der Waals surface area contributed by atoms with E-state index in [4.69, 9.17) is 9.47 Å². The number of aryl methyl sites for hydroxylation is 1. The van der Waals surface area contributed by atoms with Crippen LogP contribution in [-0.2, 0) is 26.0 Å². The molecule has 0 N–H and O–H groups in total. The minimum atomic E-state index is -3.90. The van der Waals surface area contributed by atoms with Gasteiger partial charge in [-0.2, -0.15) is 0 Å². The monoisotopic (exact) mass is 508 g/mol. The van der Waals surface area contributed by atoms with E-state index in [1.165, 1.54) is 11.1 Å². The van der Waals surface area contributed by atoms with Crippen LogP contribution in [0.3, 0.4) is 0 Å². The molecule has 0 amide bonds. The highest BCUT2D eigenvalue weighted by Gasteiger charge is 2.41. The number of aromatic nitrogens is 1. The van der Waals surface area contributed by atoms with Gasteiger partial charge in [0.05, 0.1) is 36.4 Å². The average Bonchev–Trinajstić information content (AvgIpc) is 3.24. The van der Waals surface area contributed by atoms with Gasteiger partial charge in [0.15, 0.2) is 0 Å². The summed E-state index contributed by atoms with van der Waals surface area (Å²) in [5.74, 6) is 0.521. The van der Waals surface area contributed by atoms with Crippen LogP contribution in [0.5, 0.6) is 5.75 Å². The number of hydrogen-bond acceptors (Lipinski definition) is 6. The van der Waals surface area contributed by atoms with Crippen LogP contribution in [0.25, 0.3) is 10.9 Å². The lowest BCUT2D eigenvalue weighted by molar-refractivity contribution is -0.135. The van der Waals surface area contributed by atoms with E-state index in [0.717, 1.165) is 53.7 Å². The van der Waals surface area contributed by atoms with Gasteiger partial charge in [-0.15, -0.1) is 0 Å². The van der Waals surface area contributed by atoms with Gasteiger partial charge in [0, 0.05) is 24.6 Å². The molecular weight excluding hydrogens is 476 g/mol. The predicted molar refractivity (Wildman–Crippen MR) is 139 cm³/mol. The van der Waals surface area contributed by atoms with Crippen molar-refractivity contribution in [1.82, 2.24) is 8.87 Å². The Kier molecular flexibility index (Phi) is 6.43. The summed E-state index contributed by atoms with van der Waals surface area (Å²) in [6.45, 7) is 5.65. The van der Waals surface area contributed by atoms with Crippen molar-refractivity contribution in [3.63, 3.8) is 0 Å². The molecule has 2 aliphatic heterocycles. The van der Waals surface area contributed by atoms with E-state index in [-0.39, 0.29) is 22.8 Å². The third-order valence-electron chi connectivity index (χ3n) is 7.64. The van der Waals surface area contributed by atoms with E-state index < -0.39 is 10.0 Å². The van der Waals surface area contributed by atoms with Crippen LogP contribution < -0.4 is 4.74 Å². The normalized spacial score (nSPS) is 21.3. The van der Waals surface area contributed by atoms with Gasteiger partial charge in [-0.3, -0.25) is 4.90 Å². The molecule has 8 heteroatoms. The number of nitrogens with zero attached hydrogens (tertiary/aromatic N) is 2. The molecule has 1 saturated heterocycles. The van der Waals surface area contributed by atoms with Gasteiger partial charge in [0.1, 0.15) is 5.75 Å². The third-order valence-corrected chi connectivity index (χ3v) is 9.38. The first-order valence-electron chi connectivity index (χ1n) is 12.3. The van der Waals surface area contributed by atoms with Crippen molar-refractivity contribution in [2.45, 2.75) is 44.0 Å². The second kappa shape index (κ2) is 9.41. The van der Waals surface area contributed by atoms with Crippen molar-refractivity contribution in [1.29, 1.82) is 0 Å². The summed E-state index contributed by atoms with van der Waals surface area (Å²) in [6, 6.07) is 12.4. The van der Waals surface area contributed by atoms with Crippen molar-refractivity contribution < 1.29 is 22.7 Å². The summed E-state index contributed by atoms with van der Waals surface area (Å²) in [4.78, 5) is 14.8. The van der Waals surface area contributed by atoms with E-state index in [2.05, 4.69) is 11.8 Å². The van der Waals surface area contributed by atoms with Crippen LogP contribution in [0, 0.1) is 12.8 Å². The van der Waals surface area contributed by atoms with Crippen LogP contribution in [0.2, 0.25) is 0 Å². The summed E-state index contributed by atoms with van der Waals surface area (Å²) in [6.07, 6.45) is 3.80. The number of benzene rings is 2. The molecule has 0 bridgehead atoms. The highest BCUT2D eigenvalue weighted by molar-refractivity contribution is 7.90. The minimum Gasteiger partial charge on any atom is -0.496 e. The zero-order valence-electron chi connectivity index (χ0n) is 21.2. The second-order valence-corrected chi connectivity index (χ2v) is 11.4. The van der Waals surface area contributed by atoms with Gasteiger partial charge in [-0.25, -0.2) is 17.2 Å². The van der Waals surface area contributed by atoms with Gasteiger partial charge in [0.2, 0.25) is 0 Å². The van der Waals surface area contributed by atoms with Crippen LogP contribution in [0.15, 0.2) is 59.0 Å². The summed E-state index contributed by atoms with van der Waals surface area (Å²) >= 11 is 0. The maximum atomic E-state index is 14.2. The molecule has 36 heavy (non-hydrogen) atoms. The second-order valence-electron chi connectivity index (χ2n) is 9.61. The average molecular weight is 509 g/mol. The van der Waals surface area contributed by atoms with E-state index in [1.807, 2.05) is 37.3 Å². The number of carbonyl (C=O) groups is 1. The van der Waals surface area contributed by atoms with Gasteiger partial charge in [0.25, 0.3) is 10.0 Å². The molecule has 1 aromatic heterocycles. The number of carbonyl (C=O) groups excluding carboxylic acids is 1. The largest absolute Gasteiger partial charge is 0.496 e. The standard InChI is InChI=1S/C28H32N2O5S/c1-5-19-17-29-14-13-22-27-23(7-6-8-25(27)34-3)30(36(32,33)21-11-9-18(2)10-12-21)28(22)24(29)15-20(19)16-26(31)35-4/h6-12,16,19,24H,5,13-15,17H2,1-4H3/b20-16+/t19-,24-/m0/s1. The molecule has 2 aromatic carbocycles. The molecule has 0 spiro atoms. The van der Waals surface area contributed by atoms with Gasteiger partial charge in [-0.1, -0.05) is 36.3 Å². The van der Waals surface area contributed by atoms with Crippen molar-refractivity contribution in [2.75, 3.05) is 27.3 Å². The summed E-state index contributed by atoms with van der Waals surface area (Å²) in [5, 5.41) is 0.849. The Bertz CT molecular complexity index is 1450. The summed E-state index contributed by atoms with van der Waals surface area (Å²) in [5.41, 5.74) is 4.41. The zero-order valence-corrected chi connectivity index (χ0v) is 22.0. The van der Waals surface area contributed by atoms with E-state index in [0.29, 0.717) is 17.7 Å². The van der Waals surface area contributed by atoms with Crippen molar-refractivity contribution in [3.05, 3.63) is 70.9 Å². The quantitative estimate of drug-likeness (QED) is 0.370. The van der Waals surface area contributed by atoms with Gasteiger partial charge in [-0.05, 0) is 61.9 Å². The summed E-state index contributed by atoms with van der Waals surface area (Å²) in [7, 11) is -0.899. The van der Waals surface area contributed by atoms with Crippen LogP contribution >= 0.6 is 0 Å². The number of methoxy groups -OCH3 is 2. The predicted octanol–water partition coefficient (Wildman–Crippen LogP) is 4.62. The lowest BCUT2D eigenvalue weighted by Crippen LogP contribution is -2.44. The van der Waals surface area contributed by atoms with Crippen molar-refractivity contribution in [2.24, 2.45) is 5.92 Å². The first kappa shape index (κ1) is 24.6. The SMILES string of the molecule is CC[C@H]1CN2CCc3c(n(S(=O)(=O)c4ccc(C)cc4)c4cccc(OC)c34)[C@@H]2C/C1=C\C(=O)OC. The molecule has 2 atom stereocenters. The number of fused-ring (bicyclic) bond motifs is 5. The third kappa shape index (κ3) is 3.92. The topological polar surface area (TPSA) is 77.8 Å². The van der Waals surface area contributed by atoms with Gasteiger partial charge < -0.3 is 9.47 Å². The van der Waals surface area contributed by atoms with Crippen molar-refractivity contribution >= 4 is 26.9 Å².